The summed E-state index contributed by atoms with van der Waals surface area (Å²) in [5, 5.41) is 8.54. The minimum atomic E-state index is -0.225. The van der Waals surface area contributed by atoms with Gasteiger partial charge in [0.1, 0.15) is 5.82 Å². The number of nitrogens with zero attached hydrogens (tertiary/aromatic N) is 3. The summed E-state index contributed by atoms with van der Waals surface area (Å²) in [4.78, 5) is 21.2. The predicted molar refractivity (Wildman–Crippen MR) is 91.4 cm³/mol. The number of imidazole rings is 1. The first kappa shape index (κ1) is 15.6. The largest absolute Gasteiger partial charge is 0.381 e. The number of aromatic nitrogens is 3. The van der Waals surface area contributed by atoms with Gasteiger partial charge in [0.25, 0.3) is 0 Å². The Bertz CT molecular complexity index is 722. The molecule has 0 radical (unpaired) electrons. The van der Waals surface area contributed by atoms with Gasteiger partial charge in [-0.2, -0.15) is 0 Å². The van der Waals surface area contributed by atoms with Crippen molar-refractivity contribution >= 4 is 22.5 Å². The Kier molecular flexibility index (Phi) is 4.24. The van der Waals surface area contributed by atoms with E-state index in [0.717, 1.165) is 44.0 Å². The lowest BCUT2D eigenvalue weighted by Gasteiger charge is -2.19. The van der Waals surface area contributed by atoms with Crippen LogP contribution in [-0.2, 0) is 4.74 Å². The van der Waals surface area contributed by atoms with Gasteiger partial charge in [-0.15, -0.1) is 11.3 Å². The molecule has 2 unspecified atom stereocenters. The summed E-state index contributed by atoms with van der Waals surface area (Å²) < 4.78 is 7.49. The van der Waals surface area contributed by atoms with Gasteiger partial charge in [0.15, 0.2) is 5.13 Å². The second kappa shape index (κ2) is 6.52. The Morgan fingerprint density at radius 2 is 2.25 bits per heavy atom. The highest BCUT2D eigenvalue weighted by molar-refractivity contribution is 7.13. The van der Waals surface area contributed by atoms with E-state index in [2.05, 4.69) is 32.1 Å². The average Bonchev–Trinajstić information content (AvgIpc) is 3.28. The van der Waals surface area contributed by atoms with E-state index < -0.39 is 0 Å². The van der Waals surface area contributed by atoms with E-state index in [9.17, 15) is 4.79 Å². The molecule has 2 amide bonds. The smallest absolute Gasteiger partial charge is 0.321 e. The molecule has 128 valence electrons. The molecule has 2 aliphatic rings. The highest BCUT2D eigenvalue weighted by Gasteiger charge is 2.30. The van der Waals surface area contributed by atoms with Crippen LogP contribution in [0, 0.1) is 0 Å². The van der Waals surface area contributed by atoms with E-state index in [1.807, 2.05) is 11.6 Å². The van der Waals surface area contributed by atoms with Gasteiger partial charge in [0.05, 0.1) is 11.7 Å². The molecule has 4 heterocycles. The van der Waals surface area contributed by atoms with Gasteiger partial charge >= 0.3 is 6.03 Å². The zero-order chi connectivity index (χ0) is 16.5. The predicted octanol–water partition coefficient (Wildman–Crippen LogP) is 3.06. The van der Waals surface area contributed by atoms with Crippen LogP contribution >= 0.6 is 11.3 Å². The second-order valence-electron chi connectivity index (χ2n) is 6.39. The van der Waals surface area contributed by atoms with E-state index in [-0.39, 0.29) is 12.1 Å². The molecule has 8 heteroatoms. The fourth-order valence-electron chi connectivity index (χ4n) is 3.47. The van der Waals surface area contributed by atoms with Gasteiger partial charge in [-0.3, -0.25) is 5.32 Å². The Hall–Kier alpha value is -1.93. The number of nitrogens with one attached hydrogen (secondary N) is 2. The normalized spacial score (nSPS) is 23.9. The minimum absolute atomic E-state index is 0.0510. The number of anilines is 1. The van der Waals surface area contributed by atoms with Crippen molar-refractivity contribution in [2.45, 2.75) is 44.2 Å². The summed E-state index contributed by atoms with van der Waals surface area (Å²) in [6, 6.07) is 0.0780. The summed E-state index contributed by atoms with van der Waals surface area (Å²) in [7, 11) is 0. The fraction of sp³-hybridized carbons (Fsp3) is 0.562. The van der Waals surface area contributed by atoms with Gasteiger partial charge < -0.3 is 14.6 Å². The van der Waals surface area contributed by atoms with Crippen molar-refractivity contribution in [3.05, 3.63) is 29.3 Å². The Morgan fingerprint density at radius 1 is 1.42 bits per heavy atom. The summed E-state index contributed by atoms with van der Waals surface area (Å²) in [5.74, 6) is 1.36. The number of fused-ring (bicyclic) bond motifs is 1. The SMILES string of the molecule is CC1CC(NC(=O)Nc2nc(C3CCOCC3)cs2)c2nccn21. The second-order valence-corrected chi connectivity index (χ2v) is 7.25. The minimum Gasteiger partial charge on any atom is -0.381 e. The van der Waals surface area contributed by atoms with Crippen LogP contribution in [0.25, 0.3) is 0 Å². The number of rotatable bonds is 3. The van der Waals surface area contributed by atoms with Crippen molar-refractivity contribution in [3.8, 4) is 0 Å². The van der Waals surface area contributed by atoms with Gasteiger partial charge in [-0.05, 0) is 26.2 Å². The third-order valence-corrected chi connectivity index (χ3v) is 5.53. The van der Waals surface area contributed by atoms with Crippen LogP contribution in [0.3, 0.4) is 0 Å². The summed E-state index contributed by atoms with van der Waals surface area (Å²) >= 11 is 1.47. The van der Waals surface area contributed by atoms with E-state index >= 15 is 0 Å². The van der Waals surface area contributed by atoms with Gasteiger partial charge in [-0.1, -0.05) is 0 Å². The van der Waals surface area contributed by atoms with Crippen molar-refractivity contribution in [2.24, 2.45) is 0 Å². The van der Waals surface area contributed by atoms with E-state index in [4.69, 9.17) is 4.74 Å². The highest BCUT2D eigenvalue weighted by atomic mass is 32.1. The Balaban J connectivity index is 1.36. The van der Waals surface area contributed by atoms with Crippen molar-refractivity contribution in [1.82, 2.24) is 19.9 Å². The molecular weight excluding hydrogens is 326 g/mol. The number of ether oxygens (including phenoxy) is 1. The molecule has 1 saturated heterocycles. The molecule has 7 nitrogen and oxygen atoms in total. The van der Waals surface area contributed by atoms with Crippen LogP contribution in [0.2, 0.25) is 0 Å². The van der Waals surface area contributed by atoms with Crippen molar-refractivity contribution in [2.75, 3.05) is 18.5 Å². The van der Waals surface area contributed by atoms with Crippen LogP contribution in [0.4, 0.5) is 9.93 Å². The molecule has 2 aliphatic heterocycles. The lowest BCUT2D eigenvalue weighted by atomic mass is 9.98. The van der Waals surface area contributed by atoms with Crippen molar-refractivity contribution in [3.63, 3.8) is 0 Å². The topological polar surface area (TPSA) is 81.1 Å². The number of hydrogen-bond acceptors (Lipinski definition) is 5. The number of thiazole rings is 1. The fourth-order valence-corrected chi connectivity index (χ4v) is 4.25. The van der Waals surface area contributed by atoms with Crippen LogP contribution in [0.5, 0.6) is 0 Å². The quantitative estimate of drug-likeness (QED) is 0.894. The first-order chi connectivity index (χ1) is 11.7. The average molecular weight is 347 g/mol. The molecule has 0 aromatic carbocycles. The molecule has 4 rings (SSSR count). The molecule has 0 spiro atoms. The molecule has 2 N–H and O–H groups in total. The van der Waals surface area contributed by atoms with E-state index in [0.29, 0.717) is 17.1 Å². The molecule has 2 aromatic heterocycles. The molecule has 0 bridgehead atoms. The van der Waals surface area contributed by atoms with Crippen molar-refractivity contribution < 1.29 is 9.53 Å². The van der Waals surface area contributed by atoms with Crippen LogP contribution in [0.1, 0.15) is 55.7 Å². The number of urea groups is 1. The van der Waals surface area contributed by atoms with Crippen LogP contribution in [-0.4, -0.2) is 33.8 Å². The molecule has 0 aliphatic carbocycles. The summed E-state index contributed by atoms with van der Waals surface area (Å²) in [5.41, 5.74) is 1.06. The lowest BCUT2D eigenvalue weighted by molar-refractivity contribution is 0.0846. The number of hydrogen-bond donors (Lipinski definition) is 2. The number of carbonyl (C=O) groups is 1. The zero-order valence-electron chi connectivity index (χ0n) is 13.6. The van der Waals surface area contributed by atoms with E-state index in [1.165, 1.54) is 11.3 Å². The molecule has 1 fully saturated rings. The van der Waals surface area contributed by atoms with Crippen molar-refractivity contribution in [1.29, 1.82) is 0 Å². The lowest BCUT2D eigenvalue weighted by Crippen LogP contribution is -2.32. The third kappa shape index (κ3) is 3.03. The Labute approximate surface area is 144 Å². The molecule has 2 atom stereocenters. The summed E-state index contributed by atoms with van der Waals surface area (Å²) in [6.07, 6.45) is 6.59. The van der Waals surface area contributed by atoms with Gasteiger partial charge in [0, 0.05) is 42.9 Å². The highest BCUT2D eigenvalue weighted by Crippen LogP contribution is 2.33. The van der Waals surface area contributed by atoms with E-state index in [1.54, 1.807) is 6.20 Å². The standard InChI is InChI=1S/C16H21N5O2S/c1-10-8-12(14-17-4-5-21(10)14)18-15(22)20-16-19-13(9-24-16)11-2-6-23-7-3-11/h4-5,9-12H,2-3,6-8H2,1H3,(H2,18,19,20,22). The van der Waals surface area contributed by atoms with Gasteiger partial charge in [-0.25, -0.2) is 14.8 Å². The summed E-state index contributed by atoms with van der Waals surface area (Å²) in [6.45, 7) is 3.71. The van der Waals surface area contributed by atoms with Crippen LogP contribution < -0.4 is 10.6 Å². The maximum Gasteiger partial charge on any atom is 0.321 e. The third-order valence-electron chi connectivity index (χ3n) is 4.75. The van der Waals surface area contributed by atoms with Crippen LogP contribution in [0.15, 0.2) is 17.8 Å². The monoisotopic (exact) mass is 347 g/mol. The van der Waals surface area contributed by atoms with Gasteiger partial charge in [0.2, 0.25) is 0 Å². The first-order valence-corrected chi connectivity index (χ1v) is 9.22. The zero-order valence-corrected chi connectivity index (χ0v) is 14.4. The first-order valence-electron chi connectivity index (χ1n) is 8.34. The molecule has 0 saturated carbocycles. The maximum absolute atomic E-state index is 12.3. The Morgan fingerprint density at radius 3 is 3.08 bits per heavy atom. The maximum atomic E-state index is 12.3. The number of amides is 2. The molecule has 2 aromatic rings. The molecular formula is C16H21N5O2S. The number of carbonyl (C=O) groups excluding carboxylic acids is 1. The molecule has 24 heavy (non-hydrogen) atoms.